The predicted octanol–water partition coefficient (Wildman–Crippen LogP) is 2.47. The van der Waals surface area contributed by atoms with Crippen molar-refractivity contribution in [2.75, 3.05) is 18.1 Å². The first-order chi connectivity index (χ1) is 12.1. The molecule has 6 atom stereocenters. The summed E-state index contributed by atoms with van der Waals surface area (Å²) in [7, 11) is -2.96. The fourth-order valence-corrected chi connectivity index (χ4v) is 8.12. The first kappa shape index (κ1) is 18.5. The normalized spacial score (nSPS) is 47.3. The van der Waals surface area contributed by atoms with E-state index in [1.165, 1.54) is 18.4 Å². The fraction of sp³-hybridized carbons (Fsp3) is 0.850. The van der Waals surface area contributed by atoms with Crippen molar-refractivity contribution in [2.24, 2.45) is 23.2 Å². The van der Waals surface area contributed by atoms with Gasteiger partial charge in [0.25, 0.3) is 0 Å². The molecule has 0 aromatic rings. The van der Waals surface area contributed by atoms with E-state index >= 15 is 0 Å². The van der Waals surface area contributed by atoms with E-state index in [2.05, 4.69) is 18.8 Å². The number of carbonyl (C=O) groups excluding carboxylic acids is 1. The maximum absolute atomic E-state index is 12.6. The van der Waals surface area contributed by atoms with Gasteiger partial charge in [-0.1, -0.05) is 19.1 Å². The second kappa shape index (κ2) is 6.06. The molecule has 1 N–H and O–H groups in total. The largest absolute Gasteiger partial charge is 0.462 e. The molecule has 2 aliphatic carbocycles. The van der Waals surface area contributed by atoms with Crippen molar-refractivity contribution in [3.63, 3.8) is 0 Å². The number of esters is 1. The van der Waals surface area contributed by atoms with Gasteiger partial charge in [-0.3, -0.25) is 4.79 Å². The Labute approximate surface area is 156 Å². The van der Waals surface area contributed by atoms with Gasteiger partial charge in [-0.25, -0.2) is 8.42 Å². The zero-order valence-electron chi connectivity index (χ0n) is 15.9. The number of fused-ring (bicyclic) bond motifs is 2. The second-order valence-electron chi connectivity index (χ2n) is 9.69. The third-order valence-corrected chi connectivity index (χ3v) is 9.48. The lowest BCUT2D eigenvalue weighted by Crippen LogP contribution is -2.49. The summed E-state index contributed by atoms with van der Waals surface area (Å²) >= 11 is 0. The van der Waals surface area contributed by atoms with E-state index in [1.807, 2.05) is 6.92 Å². The van der Waals surface area contributed by atoms with E-state index in [1.54, 1.807) is 0 Å². The van der Waals surface area contributed by atoms with Crippen LogP contribution in [-0.4, -0.2) is 44.1 Å². The molecule has 2 saturated heterocycles. The number of allylic oxidation sites excluding steroid dienone is 1. The first-order valence-electron chi connectivity index (χ1n) is 9.95. The number of carbonyl (C=O) groups is 1. The summed E-state index contributed by atoms with van der Waals surface area (Å²) in [5.74, 6) is 0.830. The molecule has 26 heavy (non-hydrogen) atoms. The summed E-state index contributed by atoms with van der Waals surface area (Å²) < 4.78 is 29.4. The van der Waals surface area contributed by atoms with Crippen LogP contribution in [0.3, 0.4) is 0 Å². The van der Waals surface area contributed by atoms with Crippen LogP contribution >= 0.6 is 0 Å². The van der Waals surface area contributed by atoms with E-state index in [0.29, 0.717) is 18.9 Å². The zero-order chi connectivity index (χ0) is 18.7. The Morgan fingerprint density at radius 3 is 2.77 bits per heavy atom. The minimum absolute atomic E-state index is 0.0153. The van der Waals surface area contributed by atoms with Crippen LogP contribution in [0.25, 0.3) is 0 Å². The molecule has 4 rings (SSSR count). The average molecular weight is 382 g/mol. The molecular weight excluding hydrogens is 350 g/mol. The van der Waals surface area contributed by atoms with Gasteiger partial charge in [0.2, 0.25) is 0 Å². The highest BCUT2D eigenvalue weighted by molar-refractivity contribution is 7.91. The van der Waals surface area contributed by atoms with Crippen molar-refractivity contribution in [2.45, 2.75) is 64.0 Å². The summed E-state index contributed by atoms with van der Waals surface area (Å²) in [6.07, 6.45) is 6.03. The molecule has 4 aliphatic rings. The lowest BCUT2D eigenvalue weighted by atomic mass is 9.55. The van der Waals surface area contributed by atoms with Crippen LogP contribution in [0.4, 0.5) is 0 Å². The highest BCUT2D eigenvalue weighted by Gasteiger charge is 2.55. The highest BCUT2D eigenvalue weighted by Crippen LogP contribution is 2.56. The molecule has 0 aromatic heterocycles. The van der Waals surface area contributed by atoms with Crippen LogP contribution in [0.5, 0.6) is 0 Å². The van der Waals surface area contributed by atoms with Crippen molar-refractivity contribution < 1.29 is 17.9 Å². The fourth-order valence-electron chi connectivity index (χ4n) is 6.00. The number of sulfone groups is 1. The zero-order valence-corrected chi connectivity index (χ0v) is 16.7. The third kappa shape index (κ3) is 3.13. The number of ether oxygens (including phenoxy) is 1. The van der Waals surface area contributed by atoms with Crippen molar-refractivity contribution in [1.82, 2.24) is 5.32 Å². The van der Waals surface area contributed by atoms with E-state index in [9.17, 15) is 13.2 Å². The molecule has 2 saturated carbocycles. The third-order valence-electron chi connectivity index (χ3n) is 7.57. The molecule has 5 nitrogen and oxygen atoms in total. The summed E-state index contributed by atoms with van der Waals surface area (Å²) in [4.78, 5) is 12.6. The van der Waals surface area contributed by atoms with Gasteiger partial charge >= 0.3 is 5.97 Å². The molecular formula is C20H31NO4S. The SMILES string of the molecule is C=C1CCC[C@]2(C)C[C@H]3OC(=O)[C@H](CN[C@@]4(C)CCS(=O)(=O)C4)[C@H]3C[C@H]12. The predicted molar refractivity (Wildman–Crippen MR) is 100 cm³/mol. The Hall–Kier alpha value is -0.880. The molecule has 2 aliphatic heterocycles. The van der Waals surface area contributed by atoms with Crippen LogP contribution in [0.2, 0.25) is 0 Å². The number of hydrogen-bond acceptors (Lipinski definition) is 5. The molecule has 6 heteroatoms. The van der Waals surface area contributed by atoms with Gasteiger partial charge in [-0.05, 0) is 56.8 Å². The van der Waals surface area contributed by atoms with Crippen LogP contribution in [-0.2, 0) is 19.4 Å². The number of rotatable bonds is 3. The molecule has 2 heterocycles. The Morgan fingerprint density at radius 1 is 1.31 bits per heavy atom. The monoisotopic (exact) mass is 381 g/mol. The van der Waals surface area contributed by atoms with Crippen LogP contribution in [0.1, 0.15) is 52.4 Å². The minimum Gasteiger partial charge on any atom is -0.462 e. The van der Waals surface area contributed by atoms with Crippen LogP contribution in [0, 0.1) is 23.2 Å². The number of nitrogens with one attached hydrogen (secondary N) is 1. The molecule has 0 radical (unpaired) electrons. The second-order valence-corrected chi connectivity index (χ2v) is 11.9. The average Bonchev–Trinajstić information content (AvgIpc) is 2.98. The van der Waals surface area contributed by atoms with Crippen molar-refractivity contribution in [1.29, 1.82) is 0 Å². The minimum atomic E-state index is -2.96. The number of hydrogen-bond donors (Lipinski definition) is 1. The summed E-state index contributed by atoms with van der Waals surface area (Å²) in [5.41, 5.74) is 1.14. The Bertz CT molecular complexity index is 732. The van der Waals surface area contributed by atoms with Gasteiger partial charge in [0.1, 0.15) is 6.10 Å². The van der Waals surface area contributed by atoms with Gasteiger partial charge in [-0.15, -0.1) is 0 Å². The first-order valence-corrected chi connectivity index (χ1v) is 11.8. The van der Waals surface area contributed by atoms with E-state index in [0.717, 1.165) is 19.3 Å². The summed E-state index contributed by atoms with van der Waals surface area (Å²) in [6.45, 7) is 9.14. The van der Waals surface area contributed by atoms with E-state index < -0.39 is 15.4 Å². The lowest BCUT2D eigenvalue weighted by Gasteiger charge is -2.50. The van der Waals surface area contributed by atoms with E-state index in [-0.39, 0.29) is 40.8 Å². The van der Waals surface area contributed by atoms with Gasteiger partial charge in [0.15, 0.2) is 9.84 Å². The Balaban J connectivity index is 1.47. The summed E-state index contributed by atoms with van der Waals surface area (Å²) in [6, 6.07) is 0. The standard InChI is InChI=1S/C20H31NO4S/c1-13-5-4-6-19(2)10-17-14(9-16(13)19)15(18(22)25-17)11-21-20(3)7-8-26(23,24)12-20/h14-17,21H,1,4-12H2,2-3H3/t14-,15-,16-,17-,19-,20+/m1/s1. The van der Waals surface area contributed by atoms with Crippen molar-refractivity contribution in [3.05, 3.63) is 12.2 Å². The molecule has 0 spiro atoms. The van der Waals surface area contributed by atoms with Crippen molar-refractivity contribution >= 4 is 15.8 Å². The maximum Gasteiger partial charge on any atom is 0.310 e. The molecule has 146 valence electrons. The lowest BCUT2D eigenvalue weighted by molar-refractivity contribution is -0.146. The smallest absolute Gasteiger partial charge is 0.310 e. The summed E-state index contributed by atoms with van der Waals surface area (Å²) in [5, 5.41) is 3.41. The molecule has 0 bridgehead atoms. The molecule has 4 fully saturated rings. The molecule has 0 aromatic carbocycles. The molecule has 0 unspecified atom stereocenters. The van der Waals surface area contributed by atoms with Gasteiger partial charge < -0.3 is 10.1 Å². The van der Waals surface area contributed by atoms with Gasteiger partial charge in [0.05, 0.1) is 17.4 Å². The van der Waals surface area contributed by atoms with Crippen molar-refractivity contribution in [3.8, 4) is 0 Å². The maximum atomic E-state index is 12.6. The van der Waals surface area contributed by atoms with Crippen LogP contribution < -0.4 is 5.32 Å². The Morgan fingerprint density at radius 2 is 2.08 bits per heavy atom. The van der Waals surface area contributed by atoms with Crippen LogP contribution in [0.15, 0.2) is 12.2 Å². The molecule has 0 amide bonds. The Kier molecular flexibility index (Phi) is 4.31. The van der Waals surface area contributed by atoms with Gasteiger partial charge in [-0.2, -0.15) is 0 Å². The highest BCUT2D eigenvalue weighted by atomic mass is 32.2. The quantitative estimate of drug-likeness (QED) is 0.601. The van der Waals surface area contributed by atoms with E-state index in [4.69, 9.17) is 4.74 Å². The topological polar surface area (TPSA) is 72.5 Å². The van der Waals surface area contributed by atoms with Gasteiger partial charge in [0, 0.05) is 18.0 Å².